The van der Waals surface area contributed by atoms with Crippen molar-refractivity contribution in [1.29, 1.82) is 0 Å². The van der Waals surface area contributed by atoms with Gasteiger partial charge in [0.15, 0.2) is 0 Å². The van der Waals surface area contributed by atoms with Crippen molar-refractivity contribution in [2.24, 2.45) is 5.73 Å². The second kappa shape index (κ2) is 3.46. The fourth-order valence-electron chi connectivity index (χ4n) is 1.89. The third kappa shape index (κ3) is 1.58. The molecule has 0 radical (unpaired) electrons. The Balaban J connectivity index is 2.25. The van der Waals surface area contributed by atoms with Crippen LogP contribution in [0, 0.1) is 0 Å². The highest BCUT2D eigenvalue weighted by Crippen LogP contribution is 2.24. The van der Waals surface area contributed by atoms with E-state index in [0.29, 0.717) is 12.0 Å². The van der Waals surface area contributed by atoms with Gasteiger partial charge in [-0.3, -0.25) is 5.43 Å². The van der Waals surface area contributed by atoms with E-state index < -0.39 is 0 Å². The van der Waals surface area contributed by atoms with Crippen molar-refractivity contribution < 1.29 is 0 Å². The number of nitrogens with two attached hydrogens (primary N) is 1. The summed E-state index contributed by atoms with van der Waals surface area (Å²) in [5.74, 6) is 0.362. The summed E-state index contributed by atoms with van der Waals surface area (Å²) in [6.45, 7) is 2.14. The van der Waals surface area contributed by atoms with Crippen molar-refractivity contribution in [2.75, 3.05) is 0 Å². The van der Waals surface area contributed by atoms with Crippen molar-refractivity contribution in [3.8, 4) is 0 Å². The quantitative estimate of drug-likeness (QED) is 0.587. The predicted molar refractivity (Wildman–Crippen MR) is 52.9 cm³/mol. The van der Waals surface area contributed by atoms with Crippen LogP contribution in [0.1, 0.15) is 18.4 Å². The summed E-state index contributed by atoms with van der Waals surface area (Å²) < 4.78 is 0. The average molecular weight is 177 g/mol. The summed E-state index contributed by atoms with van der Waals surface area (Å²) in [4.78, 5) is 0. The highest BCUT2D eigenvalue weighted by molar-refractivity contribution is 5.23. The minimum Gasteiger partial charge on any atom is -0.314 e. The first kappa shape index (κ1) is 8.69. The standard InChI is InChI=1S/C10H15N3/c1-7-9(10(11)13-12-7)8-5-3-2-4-6-8/h2-7,9-10,12-13H,11H2,1H3. The Morgan fingerprint density at radius 3 is 2.38 bits per heavy atom. The van der Waals surface area contributed by atoms with Gasteiger partial charge in [-0.1, -0.05) is 30.3 Å². The van der Waals surface area contributed by atoms with E-state index in [1.54, 1.807) is 0 Å². The number of nitrogens with one attached hydrogen (secondary N) is 2. The lowest BCUT2D eigenvalue weighted by atomic mass is 9.92. The highest BCUT2D eigenvalue weighted by Gasteiger charge is 2.31. The summed E-state index contributed by atoms with van der Waals surface area (Å²) in [6, 6.07) is 10.7. The smallest absolute Gasteiger partial charge is 0.0764 e. The van der Waals surface area contributed by atoms with E-state index in [9.17, 15) is 0 Å². The van der Waals surface area contributed by atoms with Gasteiger partial charge in [-0.05, 0) is 12.5 Å². The Hall–Kier alpha value is -0.900. The first-order valence-corrected chi connectivity index (χ1v) is 4.60. The monoisotopic (exact) mass is 177 g/mol. The Labute approximate surface area is 78.3 Å². The summed E-state index contributed by atoms with van der Waals surface area (Å²) >= 11 is 0. The lowest BCUT2D eigenvalue weighted by molar-refractivity contribution is 0.546. The van der Waals surface area contributed by atoms with Gasteiger partial charge in [0.25, 0.3) is 0 Å². The van der Waals surface area contributed by atoms with Gasteiger partial charge >= 0.3 is 0 Å². The van der Waals surface area contributed by atoms with Crippen molar-refractivity contribution >= 4 is 0 Å². The molecule has 1 heterocycles. The van der Waals surface area contributed by atoms with Gasteiger partial charge in [0.05, 0.1) is 6.17 Å². The fourth-order valence-corrected chi connectivity index (χ4v) is 1.89. The molecule has 4 N–H and O–H groups in total. The number of hydrogen-bond donors (Lipinski definition) is 3. The predicted octanol–water partition coefficient (Wildman–Crippen LogP) is 0.551. The zero-order chi connectivity index (χ0) is 9.26. The molecule has 13 heavy (non-hydrogen) atoms. The molecule has 1 fully saturated rings. The molecule has 0 amide bonds. The molecule has 3 atom stereocenters. The second-order valence-corrected chi connectivity index (χ2v) is 3.54. The van der Waals surface area contributed by atoms with Crippen LogP contribution in [0.15, 0.2) is 30.3 Å². The normalized spacial score (nSPS) is 33.5. The van der Waals surface area contributed by atoms with Gasteiger partial charge in [-0.15, -0.1) is 0 Å². The maximum Gasteiger partial charge on any atom is 0.0764 e. The van der Waals surface area contributed by atoms with Gasteiger partial charge in [0.1, 0.15) is 0 Å². The zero-order valence-corrected chi connectivity index (χ0v) is 7.70. The third-order valence-electron chi connectivity index (χ3n) is 2.59. The molecular formula is C10H15N3. The summed E-state index contributed by atoms with van der Waals surface area (Å²) in [5.41, 5.74) is 13.4. The lowest BCUT2D eigenvalue weighted by Gasteiger charge is -2.17. The van der Waals surface area contributed by atoms with Crippen molar-refractivity contribution in [3.05, 3.63) is 35.9 Å². The number of hydrazine groups is 1. The molecule has 1 aromatic rings. The largest absolute Gasteiger partial charge is 0.314 e. The van der Waals surface area contributed by atoms with E-state index >= 15 is 0 Å². The maximum absolute atomic E-state index is 5.93. The highest BCUT2D eigenvalue weighted by atomic mass is 15.4. The van der Waals surface area contributed by atoms with E-state index in [4.69, 9.17) is 5.73 Å². The molecule has 2 rings (SSSR count). The molecule has 3 heteroatoms. The van der Waals surface area contributed by atoms with Gasteiger partial charge in [-0.2, -0.15) is 0 Å². The molecule has 0 saturated carbocycles. The second-order valence-electron chi connectivity index (χ2n) is 3.54. The minimum atomic E-state index is 0.0115. The topological polar surface area (TPSA) is 50.1 Å². The van der Waals surface area contributed by atoms with Crippen LogP contribution in [0.4, 0.5) is 0 Å². The van der Waals surface area contributed by atoms with E-state index in [-0.39, 0.29) is 6.17 Å². The molecule has 1 aromatic carbocycles. The van der Waals surface area contributed by atoms with Gasteiger partial charge < -0.3 is 5.73 Å². The molecule has 70 valence electrons. The van der Waals surface area contributed by atoms with E-state index in [0.717, 1.165) is 0 Å². The van der Waals surface area contributed by atoms with Gasteiger partial charge in [0, 0.05) is 12.0 Å². The molecule has 0 bridgehead atoms. The molecule has 3 unspecified atom stereocenters. The lowest BCUT2D eigenvalue weighted by Crippen LogP contribution is -2.38. The first-order chi connectivity index (χ1) is 6.29. The van der Waals surface area contributed by atoms with Crippen molar-refractivity contribution in [1.82, 2.24) is 10.9 Å². The van der Waals surface area contributed by atoms with Crippen LogP contribution in [0.2, 0.25) is 0 Å². The average Bonchev–Trinajstić information content (AvgIpc) is 2.48. The van der Waals surface area contributed by atoms with Crippen LogP contribution in [-0.4, -0.2) is 12.2 Å². The summed E-state index contributed by atoms with van der Waals surface area (Å²) in [6.07, 6.45) is 0.0115. The first-order valence-electron chi connectivity index (χ1n) is 4.60. The molecule has 1 aliphatic heterocycles. The fraction of sp³-hybridized carbons (Fsp3) is 0.400. The van der Waals surface area contributed by atoms with Crippen LogP contribution in [0.3, 0.4) is 0 Å². The molecule has 1 saturated heterocycles. The van der Waals surface area contributed by atoms with Crippen LogP contribution < -0.4 is 16.6 Å². The Kier molecular flexibility index (Phi) is 2.31. The maximum atomic E-state index is 5.93. The van der Waals surface area contributed by atoms with Crippen LogP contribution in [0.5, 0.6) is 0 Å². The van der Waals surface area contributed by atoms with Crippen LogP contribution >= 0.6 is 0 Å². The molecule has 0 aliphatic carbocycles. The molecule has 0 aromatic heterocycles. The number of rotatable bonds is 1. The Morgan fingerprint density at radius 2 is 1.85 bits per heavy atom. The minimum absolute atomic E-state index is 0.0115. The summed E-state index contributed by atoms with van der Waals surface area (Å²) in [5, 5.41) is 0. The van der Waals surface area contributed by atoms with Crippen molar-refractivity contribution in [3.63, 3.8) is 0 Å². The Bertz CT molecular complexity index is 263. The van der Waals surface area contributed by atoms with Gasteiger partial charge in [-0.25, -0.2) is 5.43 Å². The number of benzene rings is 1. The van der Waals surface area contributed by atoms with Crippen molar-refractivity contribution in [2.45, 2.75) is 25.0 Å². The Morgan fingerprint density at radius 1 is 1.15 bits per heavy atom. The van der Waals surface area contributed by atoms with E-state index in [1.807, 2.05) is 18.2 Å². The van der Waals surface area contributed by atoms with E-state index in [2.05, 4.69) is 29.9 Å². The molecular weight excluding hydrogens is 162 g/mol. The number of hydrogen-bond acceptors (Lipinski definition) is 3. The van der Waals surface area contributed by atoms with Gasteiger partial charge in [0.2, 0.25) is 0 Å². The SMILES string of the molecule is CC1NNC(N)C1c1ccccc1. The van der Waals surface area contributed by atoms with Crippen LogP contribution in [0.25, 0.3) is 0 Å². The molecule has 1 aliphatic rings. The summed E-state index contributed by atoms with van der Waals surface area (Å²) in [7, 11) is 0. The molecule has 0 spiro atoms. The van der Waals surface area contributed by atoms with Crippen LogP contribution in [-0.2, 0) is 0 Å². The zero-order valence-electron chi connectivity index (χ0n) is 7.70. The molecule has 3 nitrogen and oxygen atoms in total. The third-order valence-corrected chi connectivity index (χ3v) is 2.59. The van der Waals surface area contributed by atoms with E-state index in [1.165, 1.54) is 5.56 Å².